The number of nitrogens with zero attached hydrogens (tertiary/aromatic N) is 4. The fourth-order valence-electron chi connectivity index (χ4n) is 4.05. The highest BCUT2D eigenvalue weighted by molar-refractivity contribution is 7.13. The molecular formula is C20H37N5OS. The van der Waals surface area contributed by atoms with Crippen LogP contribution in [0.15, 0.2) is 5.38 Å². The number of hydrogen-bond donors (Lipinski definition) is 1. The average molecular weight is 396 g/mol. The number of carbonyl (C=O) groups is 1. The van der Waals surface area contributed by atoms with Crippen LogP contribution < -0.4 is 5.32 Å². The van der Waals surface area contributed by atoms with Crippen molar-refractivity contribution in [1.82, 2.24) is 19.7 Å². The molecule has 0 saturated carbocycles. The average Bonchev–Trinajstić information content (AvgIpc) is 3.34. The van der Waals surface area contributed by atoms with E-state index in [9.17, 15) is 4.79 Å². The molecule has 1 N–H and O–H groups in total. The molecule has 27 heavy (non-hydrogen) atoms. The Morgan fingerprint density at radius 1 is 1.33 bits per heavy atom. The van der Waals surface area contributed by atoms with Gasteiger partial charge in [-0.2, -0.15) is 0 Å². The Kier molecular flexibility index (Phi) is 7.49. The highest BCUT2D eigenvalue weighted by atomic mass is 32.1. The highest BCUT2D eigenvalue weighted by Gasteiger charge is 2.25. The Bertz CT molecular complexity index is 605. The van der Waals surface area contributed by atoms with Crippen LogP contribution in [-0.2, 0) is 11.3 Å². The number of likely N-dealkylation sites (tertiary alicyclic amines) is 1. The molecule has 2 saturated heterocycles. The molecule has 0 radical (unpaired) electrons. The van der Waals surface area contributed by atoms with E-state index in [0.29, 0.717) is 11.9 Å². The maximum Gasteiger partial charge on any atom is 0.225 e. The van der Waals surface area contributed by atoms with E-state index in [1.165, 1.54) is 19.4 Å². The SMILES string of the molecule is CCC(C)C(=O)N1CCN(Cc2csc(NCC3CCCN3CC)n2)CC1.[HH]. The molecule has 1 amide bonds. The van der Waals surface area contributed by atoms with Gasteiger partial charge in [0, 0.05) is 58.0 Å². The van der Waals surface area contributed by atoms with Crippen molar-refractivity contribution in [3.05, 3.63) is 11.1 Å². The predicted octanol–water partition coefficient (Wildman–Crippen LogP) is 2.98. The minimum atomic E-state index is 0. The fraction of sp³-hybridized carbons (Fsp3) is 0.800. The van der Waals surface area contributed by atoms with Crippen LogP contribution >= 0.6 is 11.3 Å². The minimum absolute atomic E-state index is 0. The van der Waals surface area contributed by atoms with E-state index in [1.54, 1.807) is 11.3 Å². The molecular weight excluding hydrogens is 358 g/mol. The van der Waals surface area contributed by atoms with Crippen LogP contribution in [0.2, 0.25) is 0 Å². The number of anilines is 1. The second kappa shape index (κ2) is 9.85. The van der Waals surface area contributed by atoms with Crippen molar-refractivity contribution in [3.63, 3.8) is 0 Å². The van der Waals surface area contributed by atoms with Crippen molar-refractivity contribution in [3.8, 4) is 0 Å². The van der Waals surface area contributed by atoms with E-state index in [2.05, 4.69) is 34.3 Å². The number of carbonyl (C=O) groups excluding carboxylic acids is 1. The second-order valence-corrected chi connectivity index (χ2v) is 8.72. The van der Waals surface area contributed by atoms with E-state index >= 15 is 0 Å². The number of piperazine rings is 1. The molecule has 7 heteroatoms. The van der Waals surface area contributed by atoms with Crippen LogP contribution in [0.1, 0.15) is 47.2 Å². The smallest absolute Gasteiger partial charge is 0.225 e. The first-order chi connectivity index (χ1) is 13.1. The molecule has 0 spiro atoms. The number of rotatable bonds is 8. The van der Waals surface area contributed by atoms with Gasteiger partial charge in [0.2, 0.25) is 5.91 Å². The van der Waals surface area contributed by atoms with Gasteiger partial charge in [0.1, 0.15) is 0 Å². The van der Waals surface area contributed by atoms with Crippen molar-refractivity contribution in [2.24, 2.45) is 5.92 Å². The zero-order chi connectivity index (χ0) is 19.2. The molecule has 1 aromatic heterocycles. The standard InChI is InChI=1S/C20H35N5OS.H2/c1-4-16(3)19(26)25-11-9-23(10-12-25)14-17-15-27-20(22-17)21-13-18-7-6-8-24(18)5-2;/h15-16,18H,4-14H2,1-3H3,(H,21,22);1H. The van der Waals surface area contributed by atoms with Gasteiger partial charge in [-0.3, -0.25) is 14.6 Å². The van der Waals surface area contributed by atoms with Gasteiger partial charge in [-0.25, -0.2) is 4.98 Å². The molecule has 1 aromatic rings. The Labute approximate surface area is 169 Å². The Hall–Kier alpha value is -1.18. The summed E-state index contributed by atoms with van der Waals surface area (Å²) >= 11 is 1.71. The van der Waals surface area contributed by atoms with E-state index in [0.717, 1.165) is 63.1 Å². The van der Waals surface area contributed by atoms with E-state index in [-0.39, 0.29) is 7.34 Å². The first-order valence-corrected chi connectivity index (χ1v) is 11.4. The maximum atomic E-state index is 12.3. The molecule has 2 aliphatic heterocycles. The molecule has 0 bridgehead atoms. The maximum absolute atomic E-state index is 12.3. The van der Waals surface area contributed by atoms with Gasteiger partial charge in [-0.15, -0.1) is 11.3 Å². The molecule has 0 aliphatic carbocycles. The lowest BCUT2D eigenvalue weighted by Crippen LogP contribution is -2.49. The molecule has 3 rings (SSSR count). The summed E-state index contributed by atoms with van der Waals surface area (Å²) in [7, 11) is 0. The third-order valence-corrected chi connectivity index (χ3v) is 6.90. The quantitative estimate of drug-likeness (QED) is 0.733. The first-order valence-electron chi connectivity index (χ1n) is 10.5. The monoisotopic (exact) mass is 395 g/mol. The summed E-state index contributed by atoms with van der Waals surface area (Å²) in [6.07, 6.45) is 3.53. The lowest BCUT2D eigenvalue weighted by atomic mass is 10.1. The van der Waals surface area contributed by atoms with Gasteiger partial charge in [-0.05, 0) is 32.4 Å². The Morgan fingerprint density at radius 3 is 2.81 bits per heavy atom. The third-order valence-electron chi connectivity index (χ3n) is 6.05. The second-order valence-electron chi connectivity index (χ2n) is 7.86. The van der Waals surface area contributed by atoms with Crippen molar-refractivity contribution < 1.29 is 6.22 Å². The summed E-state index contributed by atoms with van der Waals surface area (Å²) in [5.41, 5.74) is 1.14. The summed E-state index contributed by atoms with van der Waals surface area (Å²) in [6, 6.07) is 0.651. The van der Waals surface area contributed by atoms with E-state index in [1.807, 2.05) is 11.8 Å². The number of nitrogens with one attached hydrogen (secondary N) is 1. The molecule has 2 fully saturated rings. The molecule has 2 atom stereocenters. The topological polar surface area (TPSA) is 51.7 Å². The third kappa shape index (κ3) is 5.42. The lowest BCUT2D eigenvalue weighted by molar-refractivity contribution is -0.136. The first kappa shape index (κ1) is 20.6. The molecule has 0 aromatic carbocycles. The fourth-order valence-corrected chi connectivity index (χ4v) is 4.76. The van der Waals surface area contributed by atoms with Crippen LogP contribution in [0.5, 0.6) is 0 Å². The van der Waals surface area contributed by atoms with Crippen LogP contribution in [-0.4, -0.2) is 77.4 Å². The van der Waals surface area contributed by atoms with Gasteiger partial charge in [0.25, 0.3) is 0 Å². The van der Waals surface area contributed by atoms with Crippen LogP contribution in [0.4, 0.5) is 5.13 Å². The Balaban J connectivity index is 0.00000280. The number of likely N-dealkylation sites (N-methyl/N-ethyl adjacent to an activating group) is 1. The van der Waals surface area contributed by atoms with E-state index < -0.39 is 0 Å². The molecule has 2 aliphatic rings. The Morgan fingerprint density at radius 2 is 2.11 bits per heavy atom. The van der Waals surface area contributed by atoms with Gasteiger partial charge >= 0.3 is 0 Å². The lowest BCUT2D eigenvalue weighted by Gasteiger charge is -2.35. The number of thiazole rings is 1. The number of aromatic nitrogens is 1. The van der Waals surface area contributed by atoms with Crippen LogP contribution in [0.3, 0.4) is 0 Å². The molecule has 6 nitrogen and oxygen atoms in total. The zero-order valence-corrected chi connectivity index (χ0v) is 17.9. The molecule has 154 valence electrons. The summed E-state index contributed by atoms with van der Waals surface area (Å²) in [5.74, 6) is 0.456. The van der Waals surface area contributed by atoms with Gasteiger partial charge in [0.15, 0.2) is 5.13 Å². The predicted molar refractivity (Wildman–Crippen MR) is 114 cm³/mol. The molecule has 2 unspecified atom stereocenters. The summed E-state index contributed by atoms with van der Waals surface area (Å²) in [4.78, 5) is 24.1. The summed E-state index contributed by atoms with van der Waals surface area (Å²) < 4.78 is 0. The van der Waals surface area contributed by atoms with Crippen molar-refractivity contribution in [1.29, 1.82) is 0 Å². The van der Waals surface area contributed by atoms with Gasteiger partial charge in [0.05, 0.1) is 5.69 Å². The van der Waals surface area contributed by atoms with Crippen LogP contribution in [0.25, 0.3) is 0 Å². The normalized spacial score (nSPS) is 22.9. The summed E-state index contributed by atoms with van der Waals surface area (Å²) in [6.45, 7) is 14.2. The highest BCUT2D eigenvalue weighted by Crippen LogP contribution is 2.21. The largest absolute Gasteiger partial charge is 0.360 e. The van der Waals surface area contributed by atoms with Gasteiger partial charge < -0.3 is 10.2 Å². The van der Waals surface area contributed by atoms with E-state index in [4.69, 9.17) is 4.98 Å². The van der Waals surface area contributed by atoms with Crippen molar-refractivity contribution in [2.45, 2.75) is 52.6 Å². The summed E-state index contributed by atoms with van der Waals surface area (Å²) in [5, 5.41) is 6.76. The van der Waals surface area contributed by atoms with Crippen LogP contribution in [0, 0.1) is 5.92 Å². The zero-order valence-electron chi connectivity index (χ0n) is 17.1. The van der Waals surface area contributed by atoms with Crippen molar-refractivity contribution >= 4 is 22.4 Å². The van der Waals surface area contributed by atoms with Gasteiger partial charge in [-0.1, -0.05) is 20.8 Å². The number of hydrogen-bond acceptors (Lipinski definition) is 6. The minimum Gasteiger partial charge on any atom is -0.360 e. The molecule has 3 heterocycles. The van der Waals surface area contributed by atoms with Crippen molar-refractivity contribution in [2.75, 3.05) is 51.1 Å². The number of amides is 1.